The van der Waals surface area contributed by atoms with Gasteiger partial charge in [-0.05, 0) is 77.6 Å². The average Bonchev–Trinajstić information content (AvgIpc) is 2.82. The molecule has 0 radical (unpaired) electrons. The summed E-state index contributed by atoms with van der Waals surface area (Å²) in [6.45, 7) is 0.583. The number of hydrogen-bond donors (Lipinski definition) is 0. The van der Waals surface area contributed by atoms with Gasteiger partial charge in [0.15, 0.2) is 0 Å². The number of methoxy groups -OCH3 is 1. The van der Waals surface area contributed by atoms with E-state index in [1.165, 1.54) is 18.2 Å². The van der Waals surface area contributed by atoms with Gasteiger partial charge in [-0.2, -0.15) is 13.2 Å². The van der Waals surface area contributed by atoms with Crippen molar-refractivity contribution in [3.8, 4) is 11.1 Å². The van der Waals surface area contributed by atoms with E-state index in [0.29, 0.717) is 41.7 Å². The highest BCUT2D eigenvalue weighted by Crippen LogP contribution is 2.34. The van der Waals surface area contributed by atoms with E-state index < -0.39 is 29.2 Å². The van der Waals surface area contributed by atoms with Gasteiger partial charge in [-0.25, -0.2) is 17.6 Å². The van der Waals surface area contributed by atoms with E-state index in [4.69, 9.17) is 4.74 Å². The molecule has 0 fully saturated rings. The van der Waals surface area contributed by atoms with Crippen molar-refractivity contribution in [2.75, 3.05) is 13.7 Å². The maximum atomic E-state index is 15.2. The highest BCUT2D eigenvalue weighted by molar-refractivity contribution is 5.88. The molecule has 1 nitrogen and oxygen atoms in total. The van der Waals surface area contributed by atoms with Crippen molar-refractivity contribution < 1.29 is 35.5 Å². The first-order chi connectivity index (χ1) is 17.6. The Morgan fingerprint density at radius 3 is 2.05 bits per heavy atom. The molecule has 37 heavy (non-hydrogen) atoms. The van der Waals surface area contributed by atoms with Crippen LogP contribution in [0, 0.1) is 23.3 Å². The van der Waals surface area contributed by atoms with Gasteiger partial charge in [-0.15, -0.1) is 0 Å². The Labute approximate surface area is 209 Å². The maximum Gasteiger partial charge on any atom is 0.422 e. The predicted molar refractivity (Wildman–Crippen MR) is 128 cm³/mol. The van der Waals surface area contributed by atoms with Gasteiger partial charge >= 0.3 is 6.18 Å². The first-order valence-electron chi connectivity index (χ1n) is 11.6. The van der Waals surface area contributed by atoms with Crippen LogP contribution in [0.5, 0.6) is 0 Å². The lowest BCUT2D eigenvalue weighted by Crippen LogP contribution is -2.12. The lowest BCUT2D eigenvalue weighted by atomic mass is 9.96. The van der Waals surface area contributed by atoms with Gasteiger partial charge in [0.2, 0.25) is 0 Å². The highest BCUT2D eigenvalue weighted by atomic mass is 19.4. The molecule has 0 aromatic heterocycles. The average molecular weight is 520 g/mol. The highest BCUT2D eigenvalue weighted by Gasteiger charge is 2.37. The van der Waals surface area contributed by atoms with Crippen LogP contribution in [-0.2, 0) is 30.2 Å². The fourth-order valence-electron chi connectivity index (χ4n) is 4.39. The van der Waals surface area contributed by atoms with E-state index in [1.54, 1.807) is 31.4 Å². The summed E-state index contributed by atoms with van der Waals surface area (Å²) in [6, 6.07) is 14.2. The zero-order valence-corrected chi connectivity index (χ0v) is 19.9. The van der Waals surface area contributed by atoms with E-state index in [-0.39, 0.29) is 35.2 Å². The molecular weight excluding hydrogens is 497 g/mol. The smallest absolute Gasteiger partial charge is 0.385 e. The number of ether oxygens (including phenoxy) is 1. The quantitative estimate of drug-likeness (QED) is 0.167. The second-order valence-electron chi connectivity index (χ2n) is 8.82. The summed E-state index contributed by atoms with van der Waals surface area (Å²) in [5.74, 6) is -4.35. The van der Waals surface area contributed by atoms with Crippen LogP contribution in [0.4, 0.5) is 30.7 Å². The lowest BCUT2D eigenvalue weighted by molar-refractivity contribution is -0.142. The second kappa shape index (κ2) is 10.9. The van der Waals surface area contributed by atoms with Crippen molar-refractivity contribution in [2.24, 2.45) is 0 Å². The molecule has 0 aliphatic rings. The molecule has 0 aliphatic heterocycles. The second-order valence-corrected chi connectivity index (χ2v) is 8.82. The van der Waals surface area contributed by atoms with Crippen molar-refractivity contribution in [1.29, 1.82) is 0 Å². The minimum atomic E-state index is -5.15. The molecule has 4 aromatic rings. The Balaban J connectivity index is 1.54. The van der Waals surface area contributed by atoms with Crippen LogP contribution in [-0.4, -0.2) is 13.7 Å². The van der Waals surface area contributed by atoms with Crippen LogP contribution in [0.3, 0.4) is 0 Å². The van der Waals surface area contributed by atoms with E-state index in [1.807, 2.05) is 6.07 Å². The van der Waals surface area contributed by atoms with Gasteiger partial charge in [0, 0.05) is 24.7 Å². The molecule has 4 rings (SSSR count). The van der Waals surface area contributed by atoms with Gasteiger partial charge < -0.3 is 4.74 Å². The van der Waals surface area contributed by atoms with E-state index in [9.17, 15) is 26.3 Å². The molecule has 0 heterocycles. The molecule has 0 saturated heterocycles. The first-order valence-corrected chi connectivity index (χ1v) is 11.6. The van der Waals surface area contributed by atoms with Crippen molar-refractivity contribution in [3.63, 3.8) is 0 Å². The van der Waals surface area contributed by atoms with Crippen molar-refractivity contribution >= 4 is 10.8 Å². The van der Waals surface area contributed by atoms with Crippen LogP contribution in [0.1, 0.15) is 28.7 Å². The standard InChI is InChI=1S/C29H23F7O/c1-37-12-2-3-17-5-10-22(24(30)13-17)20-9-11-23-21(16-20)8-7-19(28(23)33)6-4-18-14-25(31)27(26(32)15-18)29(34,35)36/h5,7-11,13-16H,2-4,6,12H2,1H3. The van der Waals surface area contributed by atoms with E-state index in [2.05, 4.69) is 0 Å². The number of aryl methyl sites for hydroxylation is 3. The molecule has 0 spiro atoms. The van der Waals surface area contributed by atoms with E-state index >= 15 is 4.39 Å². The third-order valence-corrected chi connectivity index (χ3v) is 6.26. The Hall–Kier alpha value is -3.39. The van der Waals surface area contributed by atoms with E-state index in [0.717, 1.165) is 12.0 Å². The Morgan fingerprint density at radius 2 is 1.41 bits per heavy atom. The Morgan fingerprint density at radius 1 is 0.703 bits per heavy atom. The fourth-order valence-corrected chi connectivity index (χ4v) is 4.39. The predicted octanol–water partition coefficient (Wildman–Crippen LogP) is 8.45. The van der Waals surface area contributed by atoms with Gasteiger partial charge in [0.25, 0.3) is 0 Å². The Bertz CT molecular complexity index is 1400. The topological polar surface area (TPSA) is 9.23 Å². The SMILES string of the molecule is COCCCc1ccc(-c2ccc3c(F)c(CCc4cc(F)c(C(F)(F)F)c(F)c4)ccc3c2)c(F)c1. The summed E-state index contributed by atoms with van der Waals surface area (Å²) in [6.07, 6.45) is -3.73. The number of fused-ring (bicyclic) bond motifs is 1. The van der Waals surface area contributed by atoms with Crippen molar-refractivity contribution in [3.05, 3.63) is 106 Å². The zero-order chi connectivity index (χ0) is 26.7. The summed E-state index contributed by atoms with van der Waals surface area (Å²) >= 11 is 0. The third kappa shape index (κ3) is 5.96. The van der Waals surface area contributed by atoms with Crippen molar-refractivity contribution in [1.82, 2.24) is 0 Å². The monoisotopic (exact) mass is 520 g/mol. The molecule has 8 heteroatoms. The van der Waals surface area contributed by atoms with Gasteiger partial charge in [0.1, 0.15) is 28.8 Å². The number of benzene rings is 4. The summed E-state index contributed by atoms with van der Waals surface area (Å²) < 4.78 is 101. The van der Waals surface area contributed by atoms with Crippen LogP contribution >= 0.6 is 0 Å². The minimum absolute atomic E-state index is 0.0148. The van der Waals surface area contributed by atoms with Crippen LogP contribution < -0.4 is 0 Å². The summed E-state index contributed by atoms with van der Waals surface area (Å²) in [5.41, 5.74) is 0.0970. The van der Waals surface area contributed by atoms with Gasteiger partial charge in [-0.1, -0.05) is 36.4 Å². The number of rotatable bonds is 8. The lowest BCUT2D eigenvalue weighted by Gasteiger charge is -2.12. The Kier molecular flexibility index (Phi) is 7.87. The summed E-state index contributed by atoms with van der Waals surface area (Å²) in [5, 5.41) is 0.816. The van der Waals surface area contributed by atoms with Crippen LogP contribution in [0.25, 0.3) is 21.9 Å². The summed E-state index contributed by atoms with van der Waals surface area (Å²) in [4.78, 5) is 0. The maximum absolute atomic E-state index is 15.2. The third-order valence-electron chi connectivity index (χ3n) is 6.26. The molecule has 194 valence electrons. The van der Waals surface area contributed by atoms with Crippen molar-refractivity contribution in [2.45, 2.75) is 31.9 Å². The normalized spacial score (nSPS) is 11.9. The van der Waals surface area contributed by atoms with Crippen LogP contribution in [0.15, 0.2) is 60.7 Å². The molecule has 0 aliphatic carbocycles. The van der Waals surface area contributed by atoms with Gasteiger partial charge in [-0.3, -0.25) is 0 Å². The molecule has 0 bridgehead atoms. The largest absolute Gasteiger partial charge is 0.422 e. The summed E-state index contributed by atoms with van der Waals surface area (Å²) in [7, 11) is 1.61. The first kappa shape index (κ1) is 26.7. The molecule has 4 aromatic carbocycles. The molecule has 0 unspecified atom stereocenters. The van der Waals surface area contributed by atoms with Gasteiger partial charge in [0.05, 0.1) is 0 Å². The number of halogens is 7. The molecule has 0 N–H and O–H groups in total. The minimum Gasteiger partial charge on any atom is -0.385 e. The zero-order valence-electron chi connectivity index (χ0n) is 19.9. The molecule has 0 atom stereocenters. The molecule has 0 saturated carbocycles. The number of alkyl halides is 3. The number of hydrogen-bond acceptors (Lipinski definition) is 1. The molecule has 0 amide bonds. The molecular formula is C29H23F7O. The van der Waals surface area contributed by atoms with Crippen LogP contribution in [0.2, 0.25) is 0 Å². The fraction of sp³-hybridized carbons (Fsp3) is 0.241.